The molecular weight excluding hydrogens is 154 g/mol. The number of benzene rings is 1. The number of nitrogens with two attached hydrogens (primary N) is 1. The molecule has 0 unspecified atom stereocenters. The van der Waals surface area contributed by atoms with Gasteiger partial charge in [-0.3, -0.25) is 0 Å². The fraction of sp³-hybridized carbons (Fsp3) is 0.333. The van der Waals surface area contributed by atoms with E-state index in [0.29, 0.717) is 18.0 Å². The van der Waals surface area contributed by atoms with E-state index in [-0.39, 0.29) is 0 Å². The summed E-state index contributed by atoms with van der Waals surface area (Å²) in [5, 5.41) is 0. The van der Waals surface area contributed by atoms with Gasteiger partial charge in [0, 0.05) is 6.07 Å². The van der Waals surface area contributed by atoms with E-state index < -0.39 is 0 Å². The molecule has 1 rings (SSSR count). The molecule has 0 bridgehead atoms. The van der Waals surface area contributed by atoms with E-state index in [9.17, 15) is 0 Å². The summed E-state index contributed by atoms with van der Waals surface area (Å²) < 4.78 is 10.2. The van der Waals surface area contributed by atoms with Gasteiger partial charge >= 0.3 is 0 Å². The lowest BCUT2D eigenvalue weighted by atomic mass is 10.3. The average Bonchev–Trinajstić information content (AvgIpc) is 2.05. The Kier molecular flexibility index (Phi) is 2.80. The Hall–Kier alpha value is -1.38. The smallest absolute Gasteiger partial charge is 0.142 e. The molecule has 12 heavy (non-hydrogen) atoms. The highest BCUT2D eigenvalue weighted by Gasteiger charge is 1.99. The predicted molar refractivity (Wildman–Crippen MR) is 48.6 cm³/mol. The van der Waals surface area contributed by atoms with Crippen LogP contribution in [0.5, 0.6) is 11.5 Å². The molecule has 3 nitrogen and oxygen atoms in total. The Morgan fingerprint density at radius 1 is 1.42 bits per heavy atom. The van der Waals surface area contributed by atoms with Gasteiger partial charge in [-0.05, 0) is 19.1 Å². The molecule has 0 saturated heterocycles. The number of hydrogen-bond donors (Lipinski definition) is 1. The van der Waals surface area contributed by atoms with Crippen molar-refractivity contribution in [3.8, 4) is 11.5 Å². The zero-order chi connectivity index (χ0) is 8.97. The van der Waals surface area contributed by atoms with Crippen molar-refractivity contribution in [2.24, 2.45) is 0 Å². The van der Waals surface area contributed by atoms with Crippen LogP contribution < -0.4 is 15.2 Å². The summed E-state index contributed by atoms with van der Waals surface area (Å²) in [5.74, 6) is 1.45. The molecule has 0 aliphatic carbocycles. The van der Waals surface area contributed by atoms with Crippen molar-refractivity contribution in [2.45, 2.75) is 6.92 Å². The number of methoxy groups -OCH3 is 1. The van der Waals surface area contributed by atoms with Crippen LogP contribution in [0.3, 0.4) is 0 Å². The van der Waals surface area contributed by atoms with Crippen molar-refractivity contribution in [3.05, 3.63) is 18.2 Å². The largest absolute Gasteiger partial charge is 0.495 e. The lowest BCUT2D eigenvalue weighted by Gasteiger charge is -2.07. The van der Waals surface area contributed by atoms with E-state index in [0.717, 1.165) is 5.75 Å². The van der Waals surface area contributed by atoms with Gasteiger partial charge in [-0.1, -0.05) is 0 Å². The maximum Gasteiger partial charge on any atom is 0.142 e. The van der Waals surface area contributed by atoms with Crippen LogP contribution in [0.15, 0.2) is 18.2 Å². The second-order valence-corrected chi connectivity index (χ2v) is 2.34. The Bertz CT molecular complexity index is 261. The highest BCUT2D eigenvalue weighted by atomic mass is 16.5. The van der Waals surface area contributed by atoms with Crippen molar-refractivity contribution in [1.29, 1.82) is 0 Å². The highest BCUT2D eigenvalue weighted by Crippen LogP contribution is 2.25. The van der Waals surface area contributed by atoms with Crippen LogP contribution in [0.2, 0.25) is 0 Å². The summed E-state index contributed by atoms with van der Waals surface area (Å²) in [6, 6.07) is 5.38. The standard InChI is InChI=1S/C9H13NO2/c1-3-12-7-4-5-9(11-2)8(10)6-7/h4-6H,3,10H2,1-2H3. The minimum atomic E-state index is 0.600. The number of hydrogen-bond acceptors (Lipinski definition) is 3. The molecule has 0 aliphatic rings. The molecule has 0 amide bonds. The minimum absolute atomic E-state index is 0.600. The highest BCUT2D eigenvalue weighted by molar-refractivity contribution is 5.56. The molecule has 0 radical (unpaired) electrons. The van der Waals surface area contributed by atoms with E-state index >= 15 is 0 Å². The molecule has 1 aromatic rings. The van der Waals surface area contributed by atoms with Gasteiger partial charge < -0.3 is 15.2 Å². The Morgan fingerprint density at radius 2 is 2.17 bits per heavy atom. The van der Waals surface area contributed by atoms with Gasteiger partial charge in [0.15, 0.2) is 0 Å². The summed E-state index contributed by atoms with van der Waals surface area (Å²) in [4.78, 5) is 0. The molecule has 0 aromatic heterocycles. The van der Waals surface area contributed by atoms with Crippen molar-refractivity contribution >= 4 is 5.69 Å². The lowest BCUT2D eigenvalue weighted by molar-refractivity contribution is 0.339. The molecular formula is C9H13NO2. The zero-order valence-corrected chi connectivity index (χ0v) is 7.33. The lowest BCUT2D eigenvalue weighted by Crippen LogP contribution is -1.95. The van der Waals surface area contributed by atoms with E-state index in [1.807, 2.05) is 13.0 Å². The number of ether oxygens (including phenoxy) is 2. The molecule has 1 aromatic carbocycles. The van der Waals surface area contributed by atoms with Gasteiger partial charge in [0.05, 0.1) is 19.4 Å². The first kappa shape index (κ1) is 8.71. The van der Waals surface area contributed by atoms with Gasteiger partial charge in [-0.15, -0.1) is 0 Å². The van der Waals surface area contributed by atoms with Crippen LogP contribution in [0.25, 0.3) is 0 Å². The molecule has 66 valence electrons. The summed E-state index contributed by atoms with van der Waals surface area (Å²) in [7, 11) is 1.59. The number of nitrogen functional groups attached to an aromatic ring is 1. The van der Waals surface area contributed by atoms with E-state index in [1.165, 1.54) is 0 Å². The van der Waals surface area contributed by atoms with E-state index in [2.05, 4.69) is 0 Å². The van der Waals surface area contributed by atoms with Crippen molar-refractivity contribution in [3.63, 3.8) is 0 Å². The van der Waals surface area contributed by atoms with Gasteiger partial charge in [-0.25, -0.2) is 0 Å². The average molecular weight is 167 g/mol. The molecule has 0 atom stereocenters. The molecule has 0 fully saturated rings. The summed E-state index contributed by atoms with van der Waals surface area (Å²) >= 11 is 0. The topological polar surface area (TPSA) is 44.5 Å². The van der Waals surface area contributed by atoms with Crippen LogP contribution in [0, 0.1) is 0 Å². The SMILES string of the molecule is CCOc1ccc(OC)c(N)c1. The van der Waals surface area contributed by atoms with Crippen LogP contribution in [-0.2, 0) is 0 Å². The predicted octanol–water partition coefficient (Wildman–Crippen LogP) is 1.68. The van der Waals surface area contributed by atoms with E-state index in [1.54, 1.807) is 19.2 Å². The summed E-state index contributed by atoms with van der Waals surface area (Å²) in [5.41, 5.74) is 6.26. The first-order valence-corrected chi connectivity index (χ1v) is 3.84. The van der Waals surface area contributed by atoms with Crippen LogP contribution >= 0.6 is 0 Å². The van der Waals surface area contributed by atoms with Crippen molar-refractivity contribution in [2.75, 3.05) is 19.5 Å². The Labute approximate surface area is 72.1 Å². The monoisotopic (exact) mass is 167 g/mol. The third kappa shape index (κ3) is 1.81. The Balaban J connectivity index is 2.86. The third-order valence-corrected chi connectivity index (χ3v) is 1.51. The summed E-state index contributed by atoms with van der Waals surface area (Å²) in [6.07, 6.45) is 0. The molecule has 3 heteroatoms. The third-order valence-electron chi connectivity index (χ3n) is 1.51. The maximum absolute atomic E-state index is 5.66. The van der Waals surface area contributed by atoms with Gasteiger partial charge in [0.1, 0.15) is 11.5 Å². The van der Waals surface area contributed by atoms with Gasteiger partial charge in [0.25, 0.3) is 0 Å². The van der Waals surface area contributed by atoms with Gasteiger partial charge in [-0.2, -0.15) is 0 Å². The second kappa shape index (κ2) is 3.85. The minimum Gasteiger partial charge on any atom is -0.495 e. The molecule has 0 saturated carbocycles. The molecule has 2 N–H and O–H groups in total. The maximum atomic E-state index is 5.66. The molecule has 0 aliphatic heterocycles. The van der Waals surface area contributed by atoms with Crippen molar-refractivity contribution in [1.82, 2.24) is 0 Å². The number of rotatable bonds is 3. The van der Waals surface area contributed by atoms with E-state index in [4.69, 9.17) is 15.2 Å². The van der Waals surface area contributed by atoms with Crippen molar-refractivity contribution < 1.29 is 9.47 Å². The molecule has 0 heterocycles. The zero-order valence-electron chi connectivity index (χ0n) is 7.33. The molecule has 0 spiro atoms. The summed E-state index contributed by atoms with van der Waals surface area (Å²) in [6.45, 7) is 2.58. The first-order chi connectivity index (χ1) is 5.77. The fourth-order valence-corrected chi connectivity index (χ4v) is 0.969. The Morgan fingerprint density at radius 3 is 2.67 bits per heavy atom. The van der Waals surface area contributed by atoms with Crippen LogP contribution in [0.4, 0.5) is 5.69 Å². The number of anilines is 1. The van der Waals surface area contributed by atoms with Crippen LogP contribution in [0.1, 0.15) is 6.92 Å². The normalized spacial score (nSPS) is 9.50. The fourth-order valence-electron chi connectivity index (χ4n) is 0.969. The quantitative estimate of drug-likeness (QED) is 0.696. The van der Waals surface area contributed by atoms with Crippen LogP contribution in [-0.4, -0.2) is 13.7 Å². The second-order valence-electron chi connectivity index (χ2n) is 2.34. The van der Waals surface area contributed by atoms with Gasteiger partial charge in [0.2, 0.25) is 0 Å². The first-order valence-electron chi connectivity index (χ1n) is 3.84.